The smallest absolute Gasteiger partial charge is 0.270 e. The van der Waals surface area contributed by atoms with Gasteiger partial charge in [0.2, 0.25) is 0 Å². The normalized spacial score (nSPS) is 10.5. The number of fused-ring (bicyclic) bond motifs is 1. The average molecular weight is 249 g/mol. The maximum absolute atomic E-state index is 11.8. The molecule has 0 saturated carbocycles. The van der Waals surface area contributed by atoms with Crippen LogP contribution in [0.15, 0.2) is 24.3 Å². The van der Waals surface area contributed by atoms with Gasteiger partial charge in [0, 0.05) is 17.0 Å². The van der Waals surface area contributed by atoms with Gasteiger partial charge in [0.25, 0.3) is 5.91 Å². The zero-order valence-electron chi connectivity index (χ0n) is 9.75. The summed E-state index contributed by atoms with van der Waals surface area (Å²) < 4.78 is 0. The van der Waals surface area contributed by atoms with Crippen molar-refractivity contribution in [3.63, 3.8) is 0 Å². The number of benzene rings is 1. The summed E-state index contributed by atoms with van der Waals surface area (Å²) >= 11 is 5.91. The molecular weight excluding hydrogens is 236 g/mol. The summed E-state index contributed by atoms with van der Waals surface area (Å²) in [7, 11) is 0. The highest BCUT2D eigenvalue weighted by molar-refractivity contribution is 6.31. The summed E-state index contributed by atoms with van der Waals surface area (Å²) in [5.74, 6) is -0.146. The van der Waals surface area contributed by atoms with E-state index in [9.17, 15) is 4.79 Å². The van der Waals surface area contributed by atoms with E-state index >= 15 is 0 Å². The molecule has 1 aromatic heterocycles. The molecule has 0 unspecified atom stereocenters. The first kappa shape index (κ1) is 11.9. The summed E-state index contributed by atoms with van der Waals surface area (Å²) in [6.07, 6.45) is 0. The van der Waals surface area contributed by atoms with Crippen LogP contribution in [0.2, 0.25) is 5.02 Å². The number of nitrogens with zero attached hydrogens (tertiary/aromatic N) is 1. The number of aromatic nitrogens is 1. The van der Waals surface area contributed by atoms with E-state index in [0.717, 1.165) is 16.5 Å². The Bertz CT molecular complexity index is 581. The molecule has 0 fully saturated rings. The number of aryl methyl sites for hydroxylation is 1. The predicted octanol–water partition coefficient (Wildman–Crippen LogP) is 2.95. The van der Waals surface area contributed by atoms with Crippen LogP contribution in [-0.2, 0) is 0 Å². The van der Waals surface area contributed by atoms with E-state index in [1.165, 1.54) is 0 Å². The molecule has 1 N–H and O–H groups in total. The zero-order chi connectivity index (χ0) is 12.4. The summed E-state index contributed by atoms with van der Waals surface area (Å²) in [4.78, 5) is 16.1. The Morgan fingerprint density at radius 1 is 1.41 bits per heavy atom. The Morgan fingerprint density at radius 2 is 2.18 bits per heavy atom. The summed E-state index contributed by atoms with van der Waals surface area (Å²) in [5, 5.41) is 4.35. The van der Waals surface area contributed by atoms with Crippen molar-refractivity contribution in [2.45, 2.75) is 13.8 Å². The molecule has 4 heteroatoms. The minimum absolute atomic E-state index is 0.146. The van der Waals surface area contributed by atoms with Gasteiger partial charge in [-0.25, -0.2) is 4.98 Å². The Balaban J connectivity index is 2.57. The maximum Gasteiger partial charge on any atom is 0.270 e. The van der Waals surface area contributed by atoms with Crippen molar-refractivity contribution >= 4 is 28.4 Å². The van der Waals surface area contributed by atoms with E-state index in [2.05, 4.69) is 10.3 Å². The molecule has 88 valence electrons. The Morgan fingerprint density at radius 3 is 2.88 bits per heavy atom. The average Bonchev–Trinajstić information content (AvgIpc) is 2.29. The third-order valence-electron chi connectivity index (χ3n) is 2.52. The first-order valence-corrected chi connectivity index (χ1v) is 5.84. The van der Waals surface area contributed by atoms with Gasteiger partial charge in [0.05, 0.1) is 5.52 Å². The monoisotopic (exact) mass is 248 g/mol. The first-order chi connectivity index (χ1) is 8.11. The second-order valence-electron chi connectivity index (χ2n) is 3.85. The van der Waals surface area contributed by atoms with E-state index in [4.69, 9.17) is 11.6 Å². The Hall–Kier alpha value is -1.61. The van der Waals surface area contributed by atoms with Crippen molar-refractivity contribution in [1.29, 1.82) is 0 Å². The standard InChI is InChI=1S/C13H13ClN2O/c1-3-15-13(17)12-8(2)6-9-4-5-10(14)7-11(9)16-12/h4-7H,3H2,1-2H3,(H,15,17). The fourth-order valence-electron chi connectivity index (χ4n) is 1.72. The van der Waals surface area contributed by atoms with Crippen LogP contribution in [0.1, 0.15) is 23.0 Å². The molecule has 0 atom stereocenters. The highest BCUT2D eigenvalue weighted by atomic mass is 35.5. The fraction of sp³-hybridized carbons (Fsp3) is 0.231. The molecular formula is C13H13ClN2O. The second-order valence-corrected chi connectivity index (χ2v) is 4.29. The van der Waals surface area contributed by atoms with Crippen LogP contribution in [0, 0.1) is 6.92 Å². The van der Waals surface area contributed by atoms with Gasteiger partial charge in [0.1, 0.15) is 5.69 Å². The highest BCUT2D eigenvalue weighted by Gasteiger charge is 2.11. The quantitative estimate of drug-likeness (QED) is 0.888. The van der Waals surface area contributed by atoms with Crippen molar-refractivity contribution in [3.05, 3.63) is 40.5 Å². The minimum Gasteiger partial charge on any atom is -0.351 e. The van der Waals surface area contributed by atoms with Gasteiger partial charge < -0.3 is 5.32 Å². The summed E-state index contributed by atoms with van der Waals surface area (Å²) in [6.45, 7) is 4.35. The molecule has 0 aliphatic heterocycles. The van der Waals surface area contributed by atoms with Gasteiger partial charge in [-0.3, -0.25) is 4.79 Å². The number of halogens is 1. The van der Waals surface area contributed by atoms with Gasteiger partial charge in [-0.15, -0.1) is 0 Å². The van der Waals surface area contributed by atoms with Crippen LogP contribution in [0.5, 0.6) is 0 Å². The van der Waals surface area contributed by atoms with Crippen molar-refractivity contribution in [1.82, 2.24) is 10.3 Å². The number of carbonyl (C=O) groups is 1. The molecule has 17 heavy (non-hydrogen) atoms. The van der Waals surface area contributed by atoms with E-state index in [0.29, 0.717) is 17.3 Å². The topological polar surface area (TPSA) is 42.0 Å². The summed E-state index contributed by atoms with van der Waals surface area (Å²) in [6, 6.07) is 7.43. The SMILES string of the molecule is CCNC(=O)c1nc2cc(Cl)ccc2cc1C. The lowest BCUT2D eigenvalue weighted by atomic mass is 10.1. The second kappa shape index (κ2) is 4.72. The van der Waals surface area contributed by atoms with Crippen LogP contribution < -0.4 is 5.32 Å². The lowest BCUT2D eigenvalue weighted by Crippen LogP contribution is -2.24. The third-order valence-corrected chi connectivity index (χ3v) is 2.76. The van der Waals surface area contributed by atoms with Crippen LogP contribution >= 0.6 is 11.6 Å². The van der Waals surface area contributed by atoms with E-state index in [-0.39, 0.29) is 5.91 Å². The van der Waals surface area contributed by atoms with Crippen LogP contribution in [-0.4, -0.2) is 17.4 Å². The van der Waals surface area contributed by atoms with Gasteiger partial charge >= 0.3 is 0 Å². The number of amides is 1. The van der Waals surface area contributed by atoms with Crippen molar-refractivity contribution in [3.8, 4) is 0 Å². The third kappa shape index (κ3) is 2.39. The molecule has 1 heterocycles. The fourth-order valence-corrected chi connectivity index (χ4v) is 1.89. The first-order valence-electron chi connectivity index (χ1n) is 5.47. The van der Waals surface area contributed by atoms with E-state index < -0.39 is 0 Å². The van der Waals surface area contributed by atoms with Gasteiger partial charge in [-0.1, -0.05) is 17.7 Å². The number of hydrogen-bond acceptors (Lipinski definition) is 2. The molecule has 2 aromatic rings. The molecule has 0 aliphatic carbocycles. The number of pyridine rings is 1. The minimum atomic E-state index is -0.146. The molecule has 1 aromatic carbocycles. The molecule has 0 spiro atoms. The van der Waals surface area contributed by atoms with Crippen molar-refractivity contribution in [2.75, 3.05) is 6.54 Å². The summed E-state index contributed by atoms with van der Waals surface area (Å²) in [5.41, 5.74) is 2.07. The number of carbonyl (C=O) groups excluding carboxylic acids is 1. The van der Waals surface area contributed by atoms with Gasteiger partial charge in [-0.2, -0.15) is 0 Å². The molecule has 0 bridgehead atoms. The molecule has 0 aliphatic rings. The molecule has 0 saturated heterocycles. The number of nitrogens with one attached hydrogen (secondary N) is 1. The Kier molecular flexibility index (Phi) is 3.29. The van der Waals surface area contributed by atoms with Crippen LogP contribution in [0.4, 0.5) is 0 Å². The maximum atomic E-state index is 11.8. The van der Waals surface area contributed by atoms with E-state index in [1.54, 1.807) is 6.07 Å². The molecule has 1 amide bonds. The zero-order valence-corrected chi connectivity index (χ0v) is 10.5. The van der Waals surface area contributed by atoms with Crippen molar-refractivity contribution < 1.29 is 4.79 Å². The van der Waals surface area contributed by atoms with Crippen molar-refractivity contribution in [2.24, 2.45) is 0 Å². The Labute approximate surface area is 105 Å². The number of rotatable bonds is 2. The molecule has 3 nitrogen and oxygen atoms in total. The largest absolute Gasteiger partial charge is 0.351 e. The molecule has 0 radical (unpaired) electrons. The lowest BCUT2D eigenvalue weighted by Gasteiger charge is -2.07. The highest BCUT2D eigenvalue weighted by Crippen LogP contribution is 2.20. The van der Waals surface area contributed by atoms with Crippen LogP contribution in [0.25, 0.3) is 10.9 Å². The van der Waals surface area contributed by atoms with Crippen LogP contribution in [0.3, 0.4) is 0 Å². The lowest BCUT2D eigenvalue weighted by molar-refractivity contribution is 0.0950. The van der Waals surface area contributed by atoms with Gasteiger partial charge in [0.15, 0.2) is 0 Å². The molecule has 2 rings (SSSR count). The number of hydrogen-bond donors (Lipinski definition) is 1. The van der Waals surface area contributed by atoms with E-state index in [1.807, 2.05) is 32.0 Å². The van der Waals surface area contributed by atoms with Gasteiger partial charge in [-0.05, 0) is 37.6 Å². The predicted molar refractivity (Wildman–Crippen MR) is 69.5 cm³/mol.